The quantitative estimate of drug-likeness (QED) is 0.774. The SMILES string of the molecule is N#CCCCc1ccc2ncnc(NC3CCC(N4CCOCC4)CC3)c2c1. The van der Waals surface area contributed by atoms with E-state index in [1.54, 1.807) is 6.33 Å². The smallest absolute Gasteiger partial charge is 0.137 e. The number of anilines is 1. The molecule has 1 aromatic heterocycles. The van der Waals surface area contributed by atoms with Gasteiger partial charge in [0.25, 0.3) is 0 Å². The highest BCUT2D eigenvalue weighted by Gasteiger charge is 2.27. The lowest BCUT2D eigenvalue weighted by Gasteiger charge is -2.39. The molecular weight excluding hydrogens is 350 g/mol. The van der Waals surface area contributed by atoms with Crippen molar-refractivity contribution in [3.63, 3.8) is 0 Å². The fourth-order valence-electron chi connectivity index (χ4n) is 4.47. The molecule has 2 aliphatic rings. The number of aryl methyl sites for hydroxylation is 1. The van der Waals surface area contributed by atoms with E-state index in [1.165, 1.54) is 31.2 Å². The third-order valence-electron chi connectivity index (χ3n) is 6.05. The standard InChI is InChI=1S/C22H29N5O/c23-10-2-1-3-17-4-9-21-20(15-17)22(25-16-24-21)26-18-5-7-19(8-6-18)27-11-13-28-14-12-27/h4,9,15-16,18-19H,1-3,5-8,11-14H2,(H,24,25,26). The second-order valence-corrected chi connectivity index (χ2v) is 7.88. The largest absolute Gasteiger partial charge is 0.379 e. The van der Waals surface area contributed by atoms with Crippen LogP contribution < -0.4 is 5.32 Å². The Morgan fingerprint density at radius 1 is 1.14 bits per heavy atom. The molecule has 4 rings (SSSR count). The van der Waals surface area contributed by atoms with Gasteiger partial charge < -0.3 is 10.1 Å². The predicted octanol–water partition coefficient (Wildman–Crippen LogP) is 3.53. The van der Waals surface area contributed by atoms with Crippen molar-refractivity contribution in [2.75, 3.05) is 31.6 Å². The van der Waals surface area contributed by atoms with Gasteiger partial charge in [-0.15, -0.1) is 0 Å². The molecule has 1 saturated heterocycles. The van der Waals surface area contributed by atoms with Crippen molar-refractivity contribution in [2.45, 2.75) is 57.0 Å². The number of morpholine rings is 1. The van der Waals surface area contributed by atoms with Crippen LogP contribution in [0.5, 0.6) is 0 Å². The number of unbranched alkanes of at least 4 members (excludes halogenated alkanes) is 1. The maximum absolute atomic E-state index is 8.76. The van der Waals surface area contributed by atoms with E-state index >= 15 is 0 Å². The zero-order chi connectivity index (χ0) is 19.2. The summed E-state index contributed by atoms with van der Waals surface area (Å²) in [6.45, 7) is 3.91. The Morgan fingerprint density at radius 2 is 1.96 bits per heavy atom. The molecule has 1 aromatic carbocycles. The predicted molar refractivity (Wildman–Crippen MR) is 110 cm³/mol. The van der Waals surface area contributed by atoms with Crippen LogP contribution in [0.1, 0.15) is 44.1 Å². The molecule has 1 aliphatic heterocycles. The summed E-state index contributed by atoms with van der Waals surface area (Å²) in [4.78, 5) is 11.6. The molecule has 0 amide bonds. The summed E-state index contributed by atoms with van der Waals surface area (Å²) in [5.41, 5.74) is 2.22. The van der Waals surface area contributed by atoms with Gasteiger partial charge in [-0.3, -0.25) is 4.90 Å². The Hall–Kier alpha value is -2.23. The van der Waals surface area contributed by atoms with Gasteiger partial charge in [-0.05, 0) is 56.2 Å². The zero-order valence-corrected chi connectivity index (χ0v) is 16.4. The molecule has 2 fully saturated rings. The Kier molecular flexibility index (Phi) is 6.35. The highest BCUT2D eigenvalue weighted by molar-refractivity contribution is 5.89. The summed E-state index contributed by atoms with van der Waals surface area (Å²) in [5, 5.41) is 13.5. The topological polar surface area (TPSA) is 74.1 Å². The van der Waals surface area contributed by atoms with E-state index in [2.05, 4.69) is 44.5 Å². The number of aromatic nitrogens is 2. The molecule has 148 valence electrons. The molecule has 0 radical (unpaired) electrons. The van der Waals surface area contributed by atoms with Gasteiger partial charge in [0.2, 0.25) is 0 Å². The second kappa shape index (κ2) is 9.31. The maximum atomic E-state index is 8.76. The summed E-state index contributed by atoms with van der Waals surface area (Å²) in [5.74, 6) is 0.946. The summed E-state index contributed by atoms with van der Waals surface area (Å²) in [6.07, 6.45) is 8.89. The molecule has 1 aliphatic carbocycles. The first kappa shape index (κ1) is 19.1. The van der Waals surface area contributed by atoms with Gasteiger partial charge >= 0.3 is 0 Å². The summed E-state index contributed by atoms with van der Waals surface area (Å²) in [6, 6.07) is 9.77. The average molecular weight is 380 g/mol. The summed E-state index contributed by atoms with van der Waals surface area (Å²) >= 11 is 0. The lowest BCUT2D eigenvalue weighted by molar-refractivity contribution is 0.00791. The van der Waals surface area contributed by atoms with Crippen molar-refractivity contribution in [3.05, 3.63) is 30.1 Å². The van der Waals surface area contributed by atoms with Crippen molar-refractivity contribution < 1.29 is 4.74 Å². The van der Waals surface area contributed by atoms with Crippen molar-refractivity contribution in [2.24, 2.45) is 0 Å². The van der Waals surface area contributed by atoms with Crippen LogP contribution in [-0.2, 0) is 11.2 Å². The average Bonchev–Trinajstić information content (AvgIpc) is 2.75. The van der Waals surface area contributed by atoms with Crippen molar-refractivity contribution in [1.82, 2.24) is 14.9 Å². The molecule has 0 unspecified atom stereocenters. The minimum atomic E-state index is 0.470. The number of fused-ring (bicyclic) bond motifs is 1. The molecule has 0 spiro atoms. The molecule has 2 heterocycles. The zero-order valence-electron chi connectivity index (χ0n) is 16.4. The van der Waals surface area contributed by atoms with Gasteiger partial charge in [0, 0.05) is 37.0 Å². The Bertz CT molecular complexity index is 819. The Labute approximate surface area is 166 Å². The van der Waals surface area contributed by atoms with Gasteiger partial charge in [0.1, 0.15) is 12.1 Å². The van der Waals surface area contributed by atoms with Crippen LogP contribution in [-0.4, -0.2) is 53.3 Å². The van der Waals surface area contributed by atoms with Crippen LogP contribution >= 0.6 is 0 Å². The van der Waals surface area contributed by atoms with E-state index in [9.17, 15) is 0 Å². The molecule has 0 atom stereocenters. The van der Waals surface area contributed by atoms with Gasteiger partial charge in [-0.1, -0.05) is 6.07 Å². The Balaban J connectivity index is 1.40. The number of nitrogens with zero attached hydrogens (tertiary/aromatic N) is 4. The fourth-order valence-corrected chi connectivity index (χ4v) is 4.47. The number of hydrogen-bond donors (Lipinski definition) is 1. The number of nitriles is 1. The normalized spacial score (nSPS) is 23.4. The molecule has 2 aromatic rings. The minimum absolute atomic E-state index is 0.470. The number of rotatable bonds is 6. The van der Waals surface area contributed by atoms with E-state index in [1.807, 2.05) is 0 Å². The number of nitrogens with one attached hydrogen (secondary N) is 1. The van der Waals surface area contributed by atoms with Crippen molar-refractivity contribution in [1.29, 1.82) is 5.26 Å². The van der Waals surface area contributed by atoms with E-state index in [0.717, 1.165) is 55.9 Å². The van der Waals surface area contributed by atoms with E-state index in [4.69, 9.17) is 10.00 Å². The molecule has 6 heteroatoms. The third kappa shape index (κ3) is 4.60. The lowest BCUT2D eigenvalue weighted by Crippen LogP contribution is -2.46. The molecule has 0 bridgehead atoms. The Morgan fingerprint density at radius 3 is 2.75 bits per heavy atom. The van der Waals surface area contributed by atoms with Gasteiger partial charge in [-0.2, -0.15) is 5.26 Å². The lowest BCUT2D eigenvalue weighted by atomic mass is 9.90. The first-order chi connectivity index (χ1) is 13.8. The van der Waals surface area contributed by atoms with Gasteiger partial charge in [-0.25, -0.2) is 9.97 Å². The summed E-state index contributed by atoms with van der Waals surface area (Å²) < 4.78 is 5.49. The van der Waals surface area contributed by atoms with E-state index < -0.39 is 0 Å². The van der Waals surface area contributed by atoms with Crippen LogP contribution in [0.3, 0.4) is 0 Å². The highest BCUT2D eigenvalue weighted by atomic mass is 16.5. The van der Waals surface area contributed by atoms with Crippen LogP contribution in [0.15, 0.2) is 24.5 Å². The molecular formula is C22H29N5O. The van der Waals surface area contributed by atoms with Gasteiger partial charge in [0.05, 0.1) is 24.8 Å². The van der Waals surface area contributed by atoms with E-state index in [0.29, 0.717) is 18.5 Å². The molecule has 6 nitrogen and oxygen atoms in total. The number of benzene rings is 1. The monoisotopic (exact) mass is 379 g/mol. The van der Waals surface area contributed by atoms with Crippen molar-refractivity contribution >= 4 is 16.7 Å². The van der Waals surface area contributed by atoms with Crippen LogP contribution in [0, 0.1) is 11.3 Å². The molecule has 28 heavy (non-hydrogen) atoms. The van der Waals surface area contributed by atoms with Crippen LogP contribution in [0.2, 0.25) is 0 Å². The first-order valence-electron chi connectivity index (χ1n) is 10.5. The molecule has 1 saturated carbocycles. The van der Waals surface area contributed by atoms with Crippen LogP contribution in [0.25, 0.3) is 10.9 Å². The second-order valence-electron chi connectivity index (χ2n) is 7.88. The minimum Gasteiger partial charge on any atom is -0.379 e. The summed E-state index contributed by atoms with van der Waals surface area (Å²) in [7, 11) is 0. The number of ether oxygens (including phenoxy) is 1. The molecule has 1 N–H and O–H groups in total. The third-order valence-corrected chi connectivity index (χ3v) is 6.05. The van der Waals surface area contributed by atoms with E-state index in [-0.39, 0.29) is 0 Å². The van der Waals surface area contributed by atoms with Crippen LogP contribution in [0.4, 0.5) is 5.82 Å². The number of hydrogen-bond acceptors (Lipinski definition) is 6. The highest BCUT2D eigenvalue weighted by Crippen LogP contribution is 2.28. The van der Waals surface area contributed by atoms with Crippen molar-refractivity contribution in [3.8, 4) is 6.07 Å². The fraction of sp³-hybridized carbons (Fsp3) is 0.591. The first-order valence-corrected chi connectivity index (χ1v) is 10.5. The maximum Gasteiger partial charge on any atom is 0.137 e. The van der Waals surface area contributed by atoms with Gasteiger partial charge in [0.15, 0.2) is 0 Å².